The van der Waals surface area contributed by atoms with Crippen molar-refractivity contribution in [3.63, 3.8) is 0 Å². The van der Waals surface area contributed by atoms with Crippen LogP contribution < -0.4 is 5.56 Å². The Bertz CT molecular complexity index is 1580. The van der Waals surface area contributed by atoms with Crippen molar-refractivity contribution in [2.24, 2.45) is 9.98 Å². The van der Waals surface area contributed by atoms with Gasteiger partial charge in [-0.05, 0) is 36.8 Å². The zero-order valence-electron chi connectivity index (χ0n) is 18.3. The second-order valence-corrected chi connectivity index (χ2v) is 9.03. The molecule has 2 aliphatic rings. The summed E-state index contributed by atoms with van der Waals surface area (Å²) in [6.45, 7) is 1.88. The summed E-state index contributed by atoms with van der Waals surface area (Å²) in [4.78, 5) is 42.0. The van der Waals surface area contributed by atoms with Gasteiger partial charge in [0.05, 0.1) is 11.4 Å². The highest BCUT2D eigenvalue weighted by Gasteiger charge is 2.41. The van der Waals surface area contributed by atoms with Gasteiger partial charge in [0.15, 0.2) is 11.2 Å². The number of pyridine rings is 1. The van der Waals surface area contributed by atoms with Crippen LogP contribution in [0.5, 0.6) is 0 Å². The Hall–Kier alpha value is -4.04. The molecule has 0 aliphatic carbocycles. The molecule has 1 amide bonds. The molecule has 0 fully saturated rings. The number of thioether (sulfide) groups is 1. The lowest BCUT2D eigenvalue weighted by atomic mass is 10.1. The summed E-state index contributed by atoms with van der Waals surface area (Å²) >= 11 is 1.38. The van der Waals surface area contributed by atoms with E-state index in [1.54, 1.807) is 9.30 Å². The fraction of sp³-hybridized carbons (Fsp3) is 0.115. The normalized spacial score (nSPS) is 16.8. The second kappa shape index (κ2) is 8.07. The smallest absolute Gasteiger partial charge is 0.263 e. The zero-order valence-corrected chi connectivity index (χ0v) is 19.1. The average molecular weight is 466 g/mol. The number of amides is 1. The maximum atomic E-state index is 13.5. The Kier molecular flexibility index (Phi) is 4.88. The van der Waals surface area contributed by atoms with Crippen molar-refractivity contribution in [1.82, 2.24) is 14.3 Å². The van der Waals surface area contributed by atoms with Crippen molar-refractivity contribution in [1.29, 1.82) is 0 Å². The van der Waals surface area contributed by atoms with E-state index in [2.05, 4.69) is 4.98 Å². The van der Waals surface area contributed by atoms with Crippen LogP contribution in [0.4, 0.5) is 5.69 Å². The van der Waals surface area contributed by atoms with E-state index in [0.717, 1.165) is 22.5 Å². The van der Waals surface area contributed by atoms with E-state index < -0.39 is 6.04 Å². The quantitative estimate of drug-likeness (QED) is 0.453. The Morgan fingerprint density at radius 2 is 1.74 bits per heavy atom. The first-order chi connectivity index (χ1) is 16.6. The van der Waals surface area contributed by atoms with Crippen LogP contribution >= 0.6 is 11.8 Å². The predicted octanol–water partition coefficient (Wildman–Crippen LogP) is 4.27. The van der Waals surface area contributed by atoms with Gasteiger partial charge in [-0.1, -0.05) is 60.3 Å². The molecule has 0 unspecified atom stereocenters. The fourth-order valence-electron chi connectivity index (χ4n) is 4.28. The minimum Gasteiger partial charge on any atom is -0.271 e. The maximum Gasteiger partial charge on any atom is 0.263 e. The number of rotatable bonds is 3. The highest BCUT2D eigenvalue weighted by Crippen LogP contribution is 2.38. The Balaban J connectivity index is 1.36. The lowest BCUT2D eigenvalue weighted by molar-refractivity contribution is -0.124. The molecule has 34 heavy (non-hydrogen) atoms. The fourth-order valence-corrected chi connectivity index (χ4v) is 5.17. The lowest BCUT2D eigenvalue weighted by Crippen LogP contribution is -2.39. The van der Waals surface area contributed by atoms with Crippen LogP contribution in [-0.4, -0.2) is 31.2 Å². The minimum atomic E-state index is -0.612. The van der Waals surface area contributed by atoms with Gasteiger partial charge >= 0.3 is 0 Å². The monoisotopic (exact) mass is 465 g/mol. The molecule has 2 aromatic carbocycles. The molecule has 6 rings (SSSR count). The SMILES string of the molecule is Cc1cccc2nc(CSC3=Nc4ccccc4C4=N[C@H](c5ccccc5)C(=O)N34)cc(=O)n12. The predicted molar refractivity (Wildman–Crippen MR) is 134 cm³/mol. The van der Waals surface area contributed by atoms with Gasteiger partial charge in [0.2, 0.25) is 0 Å². The number of fused-ring (bicyclic) bond motifs is 4. The van der Waals surface area contributed by atoms with E-state index in [1.165, 1.54) is 17.8 Å². The number of aromatic nitrogens is 2. The first-order valence-electron chi connectivity index (χ1n) is 10.9. The third kappa shape index (κ3) is 3.34. The topological polar surface area (TPSA) is 79.4 Å². The number of benzene rings is 2. The molecule has 2 aliphatic heterocycles. The van der Waals surface area contributed by atoms with Crippen molar-refractivity contribution in [2.75, 3.05) is 0 Å². The molecule has 0 saturated heterocycles. The molecular formula is C26H19N5O2S. The maximum absolute atomic E-state index is 13.5. The molecule has 0 saturated carbocycles. The van der Waals surface area contributed by atoms with Crippen LogP contribution in [0.15, 0.2) is 93.6 Å². The van der Waals surface area contributed by atoms with Crippen LogP contribution in [0.3, 0.4) is 0 Å². The van der Waals surface area contributed by atoms with E-state index in [1.807, 2.05) is 79.7 Å². The Morgan fingerprint density at radius 3 is 2.59 bits per heavy atom. The first-order valence-corrected chi connectivity index (χ1v) is 11.8. The van der Waals surface area contributed by atoms with Crippen LogP contribution in [-0.2, 0) is 10.5 Å². The van der Waals surface area contributed by atoms with E-state index in [0.29, 0.717) is 28.1 Å². The summed E-state index contributed by atoms with van der Waals surface area (Å²) in [5, 5.41) is 0.534. The summed E-state index contributed by atoms with van der Waals surface area (Å²) in [5.74, 6) is 0.867. The van der Waals surface area contributed by atoms with E-state index in [4.69, 9.17) is 9.98 Å². The molecule has 0 bridgehead atoms. The van der Waals surface area contributed by atoms with Crippen LogP contribution in [0.25, 0.3) is 5.65 Å². The third-order valence-electron chi connectivity index (χ3n) is 5.87. The molecule has 0 spiro atoms. The second-order valence-electron chi connectivity index (χ2n) is 8.09. The van der Waals surface area contributed by atoms with Gasteiger partial charge in [-0.3, -0.25) is 14.0 Å². The van der Waals surface area contributed by atoms with Gasteiger partial charge < -0.3 is 0 Å². The number of carbonyl (C=O) groups is 1. The summed E-state index contributed by atoms with van der Waals surface area (Å²) in [7, 11) is 0. The Labute approximate surface area is 199 Å². The molecule has 1 atom stereocenters. The summed E-state index contributed by atoms with van der Waals surface area (Å²) < 4.78 is 1.59. The zero-order chi connectivity index (χ0) is 23.2. The minimum absolute atomic E-state index is 0.127. The number of aliphatic imine (C=N–C) groups is 2. The molecule has 4 heterocycles. The van der Waals surface area contributed by atoms with Gasteiger partial charge in [-0.25, -0.2) is 19.9 Å². The summed E-state index contributed by atoms with van der Waals surface area (Å²) in [6.07, 6.45) is 0. The van der Waals surface area contributed by atoms with E-state index in [9.17, 15) is 9.59 Å². The van der Waals surface area contributed by atoms with Crippen molar-refractivity contribution in [3.05, 3.63) is 112 Å². The number of aryl methyl sites for hydroxylation is 1. The van der Waals surface area contributed by atoms with E-state index in [-0.39, 0.29) is 11.5 Å². The molecule has 7 nitrogen and oxygen atoms in total. The molecule has 0 N–H and O–H groups in total. The Morgan fingerprint density at radius 1 is 0.941 bits per heavy atom. The third-order valence-corrected chi connectivity index (χ3v) is 6.84. The van der Waals surface area contributed by atoms with Gasteiger partial charge in [0.25, 0.3) is 11.5 Å². The number of amidine groups is 2. The number of carbonyl (C=O) groups excluding carboxylic acids is 1. The van der Waals surface area contributed by atoms with Crippen molar-refractivity contribution < 1.29 is 4.79 Å². The molecule has 0 radical (unpaired) electrons. The van der Waals surface area contributed by atoms with Crippen LogP contribution in [0, 0.1) is 6.92 Å². The average Bonchev–Trinajstić information content (AvgIpc) is 3.20. The molecule has 166 valence electrons. The van der Waals surface area contributed by atoms with Crippen molar-refractivity contribution >= 4 is 40.0 Å². The number of para-hydroxylation sites is 1. The number of nitrogens with zero attached hydrogens (tertiary/aromatic N) is 5. The molecule has 4 aromatic rings. The standard InChI is InChI=1S/C26H19N5O2S/c1-16-8-7-13-21-27-18(14-22(32)30(16)21)15-34-26-28-20-12-6-5-11-19(20)24-29-23(25(33)31(24)26)17-9-3-2-4-10-17/h2-14,23H,15H2,1H3/t23-/m1/s1. The van der Waals surface area contributed by atoms with Crippen LogP contribution in [0.2, 0.25) is 0 Å². The molecular weight excluding hydrogens is 446 g/mol. The van der Waals surface area contributed by atoms with Crippen molar-refractivity contribution in [2.45, 2.75) is 18.7 Å². The first kappa shape index (κ1) is 20.6. The largest absolute Gasteiger partial charge is 0.271 e. The summed E-state index contributed by atoms with van der Waals surface area (Å²) in [6, 6.07) is 23.7. The molecule has 8 heteroatoms. The van der Waals surface area contributed by atoms with Gasteiger partial charge in [-0.15, -0.1) is 0 Å². The van der Waals surface area contributed by atoms with Gasteiger partial charge in [0.1, 0.15) is 11.5 Å². The highest BCUT2D eigenvalue weighted by molar-refractivity contribution is 8.13. The van der Waals surface area contributed by atoms with Crippen LogP contribution in [0.1, 0.15) is 28.6 Å². The highest BCUT2D eigenvalue weighted by atomic mass is 32.2. The number of hydrogen-bond acceptors (Lipinski definition) is 6. The van der Waals surface area contributed by atoms with Crippen molar-refractivity contribution in [3.8, 4) is 0 Å². The number of hydrogen-bond donors (Lipinski definition) is 0. The molecule has 2 aromatic heterocycles. The lowest BCUT2D eigenvalue weighted by Gasteiger charge is -2.25. The van der Waals surface area contributed by atoms with Gasteiger partial charge in [0, 0.05) is 23.1 Å². The van der Waals surface area contributed by atoms with Gasteiger partial charge in [-0.2, -0.15) is 0 Å². The van der Waals surface area contributed by atoms with E-state index >= 15 is 0 Å². The summed E-state index contributed by atoms with van der Waals surface area (Å²) in [5.41, 5.74) is 4.38.